The topological polar surface area (TPSA) is 73.8 Å². The maximum atomic E-state index is 14.6. The fourth-order valence-corrected chi connectivity index (χ4v) is 13.7. The highest BCUT2D eigenvalue weighted by Gasteiger charge is 2.51. The Hall–Kier alpha value is -4.71. The van der Waals surface area contributed by atoms with E-state index in [0.717, 1.165) is 33.0 Å². The van der Waals surface area contributed by atoms with Crippen LogP contribution in [0.5, 0.6) is 23.0 Å². The van der Waals surface area contributed by atoms with Gasteiger partial charge in [-0.3, -0.25) is 0 Å². The molecule has 66 heavy (non-hydrogen) atoms. The Morgan fingerprint density at radius 1 is 0.667 bits per heavy atom. The van der Waals surface area contributed by atoms with E-state index in [1.54, 1.807) is 26.4 Å². The molecule has 10 heteroatoms. The van der Waals surface area contributed by atoms with Crippen molar-refractivity contribution in [2.24, 2.45) is 0 Å². The molecule has 1 heterocycles. The van der Waals surface area contributed by atoms with Crippen LogP contribution in [0.1, 0.15) is 130 Å². The molecular weight excluding hydrogens is 848 g/mol. The predicted octanol–water partition coefficient (Wildman–Crippen LogP) is 13.9. The number of ether oxygens (including phenoxy) is 5. The Morgan fingerprint density at radius 2 is 1.21 bits per heavy atom. The van der Waals surface area contributed by atoms with E-state index in [-0.39, 0.29) is 11.2 Å². The first kappa shape index (κ1) is 49.2. The Morgan fingerprint density at radius 3 is 1.76 bits per heavy atom. The van der Waals surface area contributed by atoms with E-state index < -0.39 is 36.8 Å². The molecule has 7 rings (SSSR count). The molecule has 0 radical (unpaired) electrons. The molecule has 0 amide bonds. The minimum Gasteiger partial charge on any atom is -0.493 e. The highest BCUT2D eigenvalue weighted by Crippen LogP contribution is 2.59. The molecule has 0 spiro atoms. The Kier molecular flexibility index (Phi) is 13.2. The van der Waals surface area contributed by atoms with Crippen LogP contribution < -0.4 is 18.9 Å². The van der Waals surface area contributed by atoms with Crippen LogP contribution in [0.25, 0.3) is 28.0 Å². The lowest BCUT2D eigenvalue weighted by molar-refractivity contribution is -0.0823. The average molecular weight is 919 g/mol. The molecule has 5 aromatic carbocycles. The van der Waals surface area contributed by atoms with Gasteiger partial charge in [-0.1, -0.05) is 68.0 Å². The van der Waals surface area contributed by atoms with Gasteiger partial charge in [0.2, 0.25) is 0 Å². The van der Waals surface area contributed by atoms with Gasteiger partial charge >= 0.3 is 8.80 Å². The Balaban J connectivity index is 1.17. The summed E-state index contributed by atoms with van der Waals surface area (Å²) in [6.07, 6.45) is 4.96. The van der Waals surface area contributed by atoms with Gasteiger partial charge in [0.05, 0.1) is 43.2 Å². The van der Waals surface area contributed by atoms with Crippen molar-refractivity contribution in [1.29, 1.82) is 0 Å². The number of halogens is 1. The second kappa shape index (κ2) is 17.7. The first-order valence-corrected chi connectivity index (χ1v) is 25.1. The number of aryl methyl sites for hydroxylation is 1. The SMILES string of the molecule is COc1cc2c3c(c4c(c2cc1OC)-c1ccc(C)cc1C4(C)C)C=CC(c1ccc(F)cc1)(c1ccc(OCCOC(C)(C)CC[Si](OC(C)(C)C)(OC(C)(C)C)OC(C)(C)C)cc1)O3. The van der Waals surface area contributed by atoms with Gasteiger partial charge in [-0.05, 0) is 160 Å². The lowest BCUT2D eigenvalue weighted by Gasteiger charge is -2.44. The molecule has 0 fully saturated rings. The van der Waals surface area contributed by atoms with Crippen molar-refractivity contribution in [3.05, 3.63) is 124 Å². The van der Waals surface area contributed by atoms with Gasteiger partial charge < -0.3 is 37.0 Å². The van der Waals surface area contributed by atoms with Crippen molar-refractivity contribution in [3.63, 3.8) is 0 Å². The molecule has 354 valence electrons. The molecule has 8 nitrogen and oxygen atoms in total. The summed E-state index contributed by atoms with van der Waals surface area (Å²) in [6, 6.07) is 25.9. The minimum atomic E-state index is -3.19. The molecule has 1 atom stereocenters. The minimum absolute atomic E-state index is 0.325. The van der Waals surface area contributed by atoms with Gasteiger partial charge in [0.25, 0.3) is 0 Å². The lowest BCUT2D eigenvalue weighted by atomic mass is 9.76. The fraction of sp³-hybridized carbons (Fsp3) is 0.464. The quantitative estimate of drug-likeness (QED) is 0.0759. The lowest BCUT2D eigenvalue weighted by Crippen LogP contribution is -2.57. The first-order valence-electron chi connectivity index (χ1n) is 23.2. The normalized spacial score (nSPS) is 17.0. The Labute approximate surface area is 394 Å². The smallest absolute Gasteiger partial charge is 0.493 e. The first-order chi connectivity index (χ1) is 30.7. The number of hydrogen-bond acceptors (Lipinski definition) is 8. The largest absolute Gasteiger partial charge is 0.502 e. The summed E-state index contributed by atoms with van der Waals surface area (Å²) in [7, 11) is 0.118. The van der Waals surface area contributed by atoms with Crippen molar-refractivity contribution in [3.8, 4) is 34.1 Å². The molecule has 0 aromatic heterocycles. The van der Waals surface area contributed by atoms with Gasteiger partial charge in [0.1, 0.15) is 23.9 Å². The van der Waals surface area contributed by atoms with Gasteiger partial charge in [-0.2, -0.15) is 0 Å². The van der Waals surface area contributed by atoms with Crippen LogP contribution in [-0.2, 0) is 29.0 Å². The summed E-state index contributed by atoms with van der Waals surface area (Å²) < 4.78 is 66.7. The van der Waals surface area contributed by atoms with Crippen molar-refractivity contribution >= 4 is 25.7 Å². The van der Waals surface area contributed by atoms with Gasteiger partial charge in [0, 0.05) is 33.5 Å². The number of fused-ring (bicyclic) bond motifs is 8. The molecule has 0 saturated heterocycles. The van der Waals surface area contributed by atoms with Gasteiger partial charge in [0.15, 0.2) is 17.1 Å². The summed E-state index contributed by atoms with van der Waals surface area (Å²) in [5.41, 5.74) is 5.32. The standard InChI is InChI=1S/C56H71FO8Si/c1-36-17-26-41-45(33-36)55(13,14)49-42-27-28-56(37-18-22-39(57)23-19-37,62-50(42)44-35-47(59-16)46(58-15)34-43(44)48(41)49)38-20-24-40(25-21-38)60-30-31-61-54(11,12)29-32-66(63-51(2,3)4,64-52(5,6)7)65-53(8,9)10/h17-28,33-35H,29-32H2,1-16H3. The summed E-state index contributed by atoms with van der Waals surface area (Å²) in [5.74, 6) is 2.31. The van der Waals surface area contributed by atoms with Crippen LogP contribution in [0, 0.1) is 12.7 Å². The molecule has 2 aliphatic rings. The van der Waals surface area contributed by atoms with Crippen molar-refractivity contribution in [2.75, 3.05) is 27.4 Å². The molecular formula is C56H71FO8Si. The molecule has 0 bridgehead atoms. The number of rotatable bonds is 15. The van der Waals surface area contributed by atoms with E-state index in [4.69, 9.17) is 37.0 Å². The molecule has 1 unspecified atom stereocenters. The maximum Gasteiger partial charge on any atom is 0.502 e. The summed E-state index contributed by atoms with van der Waals surface area (Å²) >= 11 is 0. The molecule has 1 aliphatic heterocycles. The third kappa shape index (κ3) is 10.2. The molecule has 1 aliphatic carbocycles. The van der Waals surface area contributed by atoms with E-state index in [1.807, 2.05) is 92.6 Å². The zero-order valence-electron chi connectivity index (χ0n) is 42.1. The molecule has 5 aromatic rings. The van der Waals surface area contributed by atoms with E-state index in [2.05, 4.69) is 71.0 Å². The van der Waals surface area contributed by atoms with Crippen LogP contribution in [0.4, 0.5) is 4.39 Å². The number of hydrogen-bond donors (Lipinski definition) is 0. The van der Waals surface area contributed by atoms with E-state index >= 15 is 0 Å². The highest BCUT2D eigenvalue weighted by atomic mass is 28.4. The van der Waals surface area contributed by atoms with Crippen LogP contribution in [0.15, 0.2) is 84.9 Å². The Bertz CT molecular complexity index is 2550. The van der Waals surface area contributed by atoms with E-state index in [0.29, 0.717) is 48.7 Å². The molecule has 0 N–H and O–H groups in total. The zero-order chi connectivity index (χ0) is 48.3. The van der Waals surface area contributed by atoms with Crippen LogP contribution in [-0.4, -0.2) is 58.6 Å². The van der Waals surface area contributed by atoms with Crippen molar-refractivity contribution in [2.45, 2.75) is 143 Å². The van der Waals surface area contributed by atoms with Crippen molar-refractivity contribution < 1.29 is 41.4 Å². The zero-order valence-corrected chi connectivity index (χ0v) is 43.1. The summed E-state index contributed by atoms with van der Waals surface area (Å²) in [5, 5.41) is 1.90. The number of benzene rings is 5. The highest BCUT2D eigenvalue weighted by molar-refractivity contribution is 6.61. The monoisotopic (exact) mass is 918 g/mol. The fourth-order valence-electron chi connectivity index (χ4n) is 9.52. The summed E-state index contributed by atoms with van der Waals surface area (Å²) in [4.78, 5) is 0. The van der Waals surface area contributed by atoms with Crippen LogP contribution >= 0.6 is 0 Å². The third-order valence-corrected chi connectivity index (χ3v) is 15.7. The second-order valence-corrected chi connectivity index (χ2v) is 24.4. The molecule has 0 saturated carbocycles. The maximum absolute atomic E-state index is 14.6. The van der Waals surface area contributed by atoms with E-state index in [1.165, 1.54) is 34.4 Å². The number of methoxy groups -OCH3 is 2. The van der Waals surface area contributed by atoms with E-state index in [9.17, 15) is 4.39 Å². The van der Waals surface area contributed by atoms with Crippen LogP contribution in [0.3, 0.4) is 0 Å². The summed E-state index contributed by atoms with van der Waals surface area (Å²) in [6.45, 7) is 30.0. The van der Waals surface area contributed by atoms with Crippen molar-refractivity contribution in [1.82, 2.24) is 0 Å². The average Bonchev–Trinajstić information content (AvgIpc) is 3.45. The third-order valence-electron chi connectivity index (χ3n) is 12.1. The van der Waals surface area contributed by atoms with Crippen LogP contribution in [0.2, 0.25) is 6.04 Å². The van der Waals surface area contributed by atoms with Gasteiger partial charge in [-0.15, -0.1) is 0 Å². The predicted molar refractivity (Wildman–Crippen MR) is 266 cm³/mol. The second-order valence-electron chi connectivity index (χ2n) is 21.9. The van der Waals surface area contributed by atoms with Gasteiger partial charge in [-0.25, -0.2) is 4.39 Å².